The van der Waals surface area contributed by atoms with Crippen molar-refractivity contribution in [3.63, 3.8) is 0 Å². The van der Waals surface area contributed by atoms with Crippen LogP contribution in [0.1, 0.15) is 5.56 Å². The van der Waals surface area contributed by atoms with Gasteiger partial charge < -0.3 is 0 Å². The SMILES string of the molecule is Cc1ccc(-c2cncn2-c2ccc(S(C)(=O)=O)cc2)cc1F. The summed E-state index contributed by atoms with van der Waals surface area (Å²) in [6.45, 7) is 1.71. The minimum atomic E-state index is -3.24. The zero-order valence-electron chi connectivity index (χ0n) is 12.7. The van der Waals surface area contributed by atoms with Crippen LogP contribution in [0.5, 0.6) is 0 Å². The molecule has 0 unspecified atom stereocenters. The molecule has 0 bridgehead atoms. The third kappa shape index (κ3) is 3.03. The molecule has 1 heterocycles. The molecule has 4 nitrogen and oxygen atoms in total. The van der Waals surface area contributed by atoms with Crippen LogP contribution in [-0.4, -0.2) is 24.2 Å². The van der Waals surface area contributed by atoms with Crippen molar-refractivity contribution in [3.8, 4) is 16.9 Å². The Labute approximate surface area is 134 Å². The van der Waals surface area contributed by atoms with Crippen LogP contribution in [0.2, 0.25) is 0 Å². The van der Waals surface area contributed by atoms with Gasteiger partial charge in [-0.25, -0.2) is 17.8 Å². The fourth-order valence-electron chi connectivity index (χ4n) is 2.32. The number of benzene rings is 2. The Bertz CT molecular complexity index is 961. The molecule has 0 radical (unpaired) electrons. The summed E-state index contributed by atoms with van der Waals surface area (Å²) in [6, 6.07) is 11.5. The molecular formula is C17H15FN2O2S. The summed E-state index contributed by atoms with van der Waals surface area (Å²) in [5.74, 6) is -0.275. The number of hydrogen-bond donors (Lipinski definition) is 0. The first kappa shape index (κ1) is 15.4. The summed E-state index contributed by atoms with van der Waals surface area (Å²) < 4.78 is 38.6. The van der Waals surface area contributed by atoms with Gasteiger partial charge in [0, 0.05) is 17.5 Å². The van der Waals surface area contributed by atoms with Crippen molar-refractivity contribution in [1.29, 1.82) is 0 Å². The van der Waals surface area contributed by atoms with Gasteiger partial charge in [0.15, 0.2) is 9.84 Å². The van der Waals surface area contributed by atoms with Crippen LogP contribution in [0.4, 0.5) is 4.39 Å². The van der Waals surface area contributed by atoms with E-state index in [2.05, 4.69) is 4.98 Å². The van der Waals surface area contributed by atoms with Crippen molar-refractivity contribution in [3.05, 3.63) is 66.4 Å². The maximum Gasteiger partial charge on any atom is 0.175 e. The van der Waals surface area contributed by atoms with Gasteiger partial charge >= 0.3 is 0 Å². The Balaban J connectivity index is 2.05. The van der Waals surface area contributed by atoms with Crippen molar-refractivity contribution < 1.29 is 12.8 Å². The zero-order valence-corrected chi connectivity index (χ0v) is 13.5. The van der Waals surface area contributed by atoms with Gasteiger partial charge in [-0.05, 0) is 42.8 Å². The van der Waals surface area contributed by atoms with Crippen molar-refractivity contribution in [2.45, 2.75) is 11.8 Å². The second kappa shape index (κ2) is 5.62. The van der Waals surface area contributed by atoms with Crippen LogP contribution in [0.25, 0.3) is 16.9 Å². The van der Waals surface area contributed by atoms with Crippen molar-refractivity contribution in [2.75, 3.05) is 6.26 Å². The molecule has 3 aromatic rings. The molecule has 0 atom stereocenters. The number of imidazole rings is 1. The predicted octanol–water partition coefficient (Wildman–Crippen LogP) is 3.39. The van der Waals surface area contributed by atoms with Gasteiger partial charge in [-0.15, -0.1) is 0 Å². The van der Waals surface area contributed by atoms with E-state index in [9.17, 15) is 12.8 Å². The maximum atomic E-state index is 13.8. The molecule has 6 heteroatoms. The highest BCUT2D eigenvalue weighted by atomic mass is 32.2. The zero-order chi connectivity index (χ0) is 16.6. The van der Waals surface area contributed by atoms with E-state index in [0.29, 0.717) is 11.1 Å². The highest BCUT2D eigenvalue weighted by molar-refractivity contribution is 7.90. The molecular weight excluding hydrogens is 315 g/mol. The first-order chi connectivity index (χ1) is 10.9. The number of nitrogens with zero attached hydrogens (tertiary/aromatic N) is 2. The monoisotopic (exact) mass is 330 g/mol. The molecule has 0 saturated carbocycles. The molecule has 23 heavy (non-hydrogen) atoms. The summed E-state index contributed by atoms with van der Waals surface area (Å²) in [4.78, 5) is 4.37. The number of aryl methyl sites for hydroxylation is 1. The highest BCUT2D eigenvalue weighted by Crippen LogP contribution is 2.25. The lowest BCUT2D eigenvalue weighted by Gasteiger charge is -2.10. The molecule has 0 amide bonds. The third-order valence-electron chi connectivity index (χ3n) is 3.65. The number of sulfone groups is 1. The van der Waals surface area contributed by atoms with Crippen LogP contribution < -0.4 is 0 Å². The molecule has 0 N–H and O–H groups in total. The van der Waals surface area contributed by atoms with E-state index >= 15 is 0 Å². The van der Waals surface area contributed by atoms with E-state index in [-0.39, 0.29) is 10.7 Å². The molecule has 2 aromatic carbocycles. The van der Waals surface area contributed by atoms with Gasteiger partial charge in [0.1, 0.15) is 5.82 Å². The number of halogens is 1. The van der Waals surface area contributed by atoms with Gasteiger partial charge in [0.2, 0.25) is 0 Å². The van der Waals surface area contributed by atoms with Crippen LogP contribution in [0.15, 0.2) is 59.9 Å². The molecule has 0 fully saturated rings. The van der Waals surface area contributed by atoms with E-state index in [0.717, 1.165) is 11.4 Å². The van der Waals surface area contributed by atoms with Gasteiger partial charge in [-0.3, -0.25) is 4.57 Å². The third-order valence-corrected chi connectivity index (χ3v) is 4.78. The number of hydrogen-bond acceptors (Lipinski definition) is 3. The number of rotatable bonds is 3. The first-order valence-electron chi connectivity index (χ1n) is 6.95. The van der Waals surface area contributed by atoms with Gasteiger partial charge in [-0.1, -0.05) is 12.1 Å². The first-order valence-corrected chi connectivity index (χ1v) is 8.85. The summed E-state index contributed by atoms with van der Waals surface area (Å²) >= 11 is 0. The van der Waals surface area contributed by atoms with Crippen LogP contribution in [0.3, 0.4) is 0 Å². The fraction of sp³-hybridized carbons (Fsp3) is 0.118. The van der Waals surface area contributed by atoms with Crippen molar-refractivity contribution >= 4 is 9.84 Å². The Morgan fingerprint density at radius 3 is 2.39 bits per heavy atom. The minimum absolute atomic E-state index is 0.254. The van der Waals surface area contributed by atoms with Gasteiger partial charge in [0.05, 0.1) is 23.1 Å². The normalized spacial score (nSPS) is 11.6. The van der Waals surface area contributed by atoms with Crippen LogP contribution in [0, 0.1) is 12.7 Å². The largest absolute Gasteiger partial charge is 0.299 e. The lowest BCUT2D eigenvalue weighted by molar-refractivity contribution is 0.602. The average molecular weight is 330 g/mol. The van der Waals surface area contributed by atoms with E-state index in [1.165, 1.54) is 12.3 Å². The molecule has 1 aromatic heterocycles. The summed E-state index contributed by atoms with van der Waals surface area (Å²) in [5.41, 5.74) is 2.77. The summed E-state index contributed by atoms with van der Waals surface area (Å²) in [7, 11) is -3.24. The quantitative estimate of drug-likeness (QED) is 0.740. The summed E-state index contributed by atoms with van der Waals surface area (Å²) in [5, 5.41) is 0. The Morgan fingerprint density at radius 1 is 1.09 bits per heavy atom. The van der Waals surface area contributed by atoms with Crippen LogP contribution >= 0.6 is 0 Å². The molecule has 0 spiro atoms. The lowest BCUT2D eigenvalue weighted by Crippen LogP contribution is -1.99. The number of aromatic nitrogens is 2. The van der Waals surface area contributed by atoms with E-state index in [1.54, 1.807) is 54.3 Å². The van der Waals surface area contributed by atoms with Crippen molar-refractivity contribution in [1.82, 2.24) is 9.55 Å². The van der Waals surface area contributed by atoms with E-state index < -0.39 is 9.84 Å². The molecule has 0 aliphatic heterocycles. The van der Waals surface area contributed by atoms with Crippen LogP contribution in [-0.2, 0) is 9.84 Å². The Kier molecular flexibility index (Phi) is 3.77. The van der Waals surface area contributed by atoms with E-state index in [1.807, 2.05) is 6.07 Å². The topological polar surface area (TPSA) is 52.0 Å². The maximum absolute atomic E-state index is 13.8. The fourth-order valence-corrected chi connectivity index (χ4v) is 2.95. The second-order valence-electron chi connectivity index (χ2n) is 5.38. The standard InChI is InChI=1S/C17H15FN2O2S/c1-12-3-4-13(9-16(12)18)17-10-19-11-20(17)14-5-7-15(8-6-14)23(2,21)22/h3-11H,1-2H3. The smallest absolute Gasteiger partial charge is 0.175 e. The van der Waals surface area contributed by atoms with Crippen molar-refractivity contribution in [2.24, 2.45) is 0 Å². The lowest BCUT2D eigenvalue weighted by atomic mass is 10.1. The predicted molar refractivity (Wildman–Crippen MR) is 86.8 cm³/mol. The molecule has 118 valence electrons. The average Bonchev–Trinajstić information content (AvgIpc) is 2.99. The molecule has 0 aliphatic rings. The molecule has 0 aliphatic carbocycles. The molecule has 3 rings (SSSR count). The second-order valence-corrected chi connectivity index (χ2v) is 7.39. The van der Waals surface area contributed by atoms with Gasteiger partial charge in [0.25, 0.3) is 0 Å². The Hall–Kier alpha value is -2.47. The Morgan fingerprint density at radius 2 is 1.78 bits per heavy atom. The molecule has 0 saturated heterocycles. The minimum Gasteiger partial charge on any atom is -0.299 e. The summed E-state index contributed by atoms with van der Waals surface area (Å²) in [6.07, 6.45) is 4.43. The van der Waals surface area contributed by atoms with Gasteiger partial charge in [-0.2, -0.15) is 0 Å². The highest BCUT2D eigenvalue weighted by Gasteiger charge is 2.11. The van der Waals surface area contributed by atoms with E-state index in [4.69, 9.17) is 0 Å².